The Morgan fingerprint density at radius 2 is 1.88 bits per heavy atom. The molecule has 0 bridgehead atoms. The summed E-state index contributed by atoms with van der Waals surface area (Å²) in [4.78, 5) is 17.4. The molecule has 25 heavy (non-hydrogen) atoms. The third-order valence-electron chi connectivity index (χ3n) is 5.16. The normalized spacial score (nSPS) is 19.3. The van der Waals surface area contributed by atoms with Gasteiger partial charge in [-0.1, -0.05) is 42.1 Å². The van der Waals surface area contributed by atoms with Crippen LogP contribution in [0.1, 0.15) is 31.2 Å². The first-order valence-electron chi connectivity index (χ1n) is 9.16. The number of morpholine rings is 1. The van der Waals surface area contributed by atoms with Gasteiger partial charge in [-0.05, 0) is 30.5 Å². The molecule has 2 fully saturated rings. The Balaban J connectivity index is 1.66. The Bertz CT molecular complexity index is 585. The molecule has 0 radical (unpaired) electrons. The second-order valence-corrected chi connectivity index (χ2v) is 7.76. The van der Waals surface area contributed by atoms with E-state index in [-0.39, 0.29) is 11.8 Å². The monoisotopic (exact) mass is 384 g/mol. The number of halogens is 2. The zero-order valence-electron chi connectivity index (χ0n) is 14.6. The minimum absolute atomic E-state index is 0.187. The van der Waals surface area contributed by atoms with Gasteiger partial charge in [0.1, 0.15) is 0 Å². The van der Waals surface area contributed by atoms with E-state index in [0.29, 0.717) is 16.6 Å². The molecule has 4 nitrogen and oxygen atoms in total. The summed E-state index contributed by atoms with van der Waals surface area (Å²) in [5, 5.41) is 1.09. The molecular weight excluding hydrogens is 359 g/mol. The van der Waals surface area contributed by atoms with Gasteiger partial charge in [0.25, 0.3) is 0 Å². The number of hydrogen-bond acceptors (Lipinski definition) is 3. The average molecular weight is 385 g/mol. The summed E-state index contributed by atoms with van der Waals surface area (Å²) in [5.41, 5.74) is 1.03. The van der Waals surface area contributed by atoms with Crippen molar-refractivity contribution in [1.29, 1.82) is 0 Å². The molecule has 0 aromatic heterocycles. The molecule has 2 aliphatic rings. The highest BCUT2D eigenvalue weighted by Gasteiger charge is 2.27. The van der Waals surface area contributed by atoms with Crippen LogP contribution in [0.5, 0.6) is 0 Å². The fourth-order valence-corrected chi connectivity index (χ4v) is 3.96. The molecule has 1 heterocycles. The zero-order chi connectivity index (χ0) is 17.6. The second-order valence-electron chi connectivity index (χ2n) is 6.94. The van der Waals surface area contributed by atoms with Crippen molar-refractivity contribution in [3.8, 4) is 0 Å². The molecule has 1 saturated heterocycles. The van der Waals surface area contributed by atoms with Crippen molar-refractivity contribution in [2.45, 2.75) is 32.2 Å². The first-order chi connectivity index (χ1) is 12.1. The van der Waals surface area contributed by atoms with Crippen LogP contribution < -0.4 is 0 Å². The summed E-state index contributed by atoms with van der Waals surface area (Å²) >= 11 is 12.2. The van der Waals surface area contributed by atoms with Crippen LogP contribution in [0.3, 0.4) is 0 Å². The number of carbonyl (C=O) groups is 1. The molecule has 1 saturated carbocycles. The third kappa shape index (κ3) is 5.33. The highest BCUT2D eigenvalue weighted by molar-refractivity contribution is 6.42. The average Bonchev–Trinajstić information content (AvgIpc) is 3.16. The van der Waals surface area contributed by atoms with Gasteiger partial charge in [0, 0.05) is 38.6 Å². The summed E-state index contributed by atoms with van der Waals surface area (Å²) in [6, 6.07) is 5.63. The number of hydrogen-bond donors (Lipinski definition) is 0. The summed E-state index contributed by atoms with van der Waals surface area (Å²) in [7, 11) is 0. The van der Waals surface area contributed by atoms with E-state index >= 15 is 0 Å². The Morgan fingerprint density at radius 1 is 1.16 bits per heavy atom. The van der Waals surface area contributed by atoms with Crippen LogP contribution in [0.15, 0.2) is 18.2 Å². The van der Waals surface area contributed by atoms with Gasteiger partial charge in [-0.3, -0.25) is 9.69 Å². The lowest BCUT2D eigenvalue weighted by Crippen LogP contribution is -2.44. The number of amides is 1. The molecule has 3 rings (SSSR count). The molecule has 1 aliphatic heterocycles. The Kier molecular flexibility index (Phi) is 7.00. The fraction of sp³-hybridized carbons (Fsp3) is 0.632. The van der Waals surface area contributed by atoms with E-state index in [1.807, 2.05) is 17.0 Å². The van der Waals surface area contributed by atoms with Gasteiger partial charge in [-0.25, -0.2) is 0 Å². The summed E-state index contributed by atoms with van der Waals surface area (Å²) in [6.07, 6.45) is 4.38. The van der Waals surface area contributed by atoms with E-state index in [9.17, 15) is 4.79 Å². The van der Waals surface area contributed by atoms with E-state index < -0.39 is 0 Å². The molecule has 1 aromatic rings. The molecule has 1 aliphatic carbocycles. The lowest BCUT2D eigenvalue weighted by molar-refractivity contribution is -0.136. The third-order valence-corrected chi connectivity index (χ3v) is 5.90. The molecule has 0 N–H and O–H groups in total. The van der Waals surface area contributed by atoms with Gasteiger partial charge in [0.05, 0.1) is 23.3 Å². The Hall–Kier alpha value is -0.810. The van der Waals surface area contributed by atoms with Crippen LogP contribution in [0.25, 0.3) is 0 Å². The maximum Gasteiger partial charge on any atom is 0.226 e. The molecule has 0 spiro atoms. The number of benzene rings is 1. The molecule has 1 amide bonds. The van der Waals surface area contributed by atoms with E-state index in [1.54, 1.807) is 6.07 Å². The lowest BCUT2D eigenvalue weighted by atomic mass is 10.1. The van der Waals surface area contributed by atoms with Crippen molar-refractivity contribution < 1.29 is 9.53 Å². The van der Waals surface area contributed by atoms with Crippen molar-refractivity contribution in [3.63, 3.8) is 0 Å². The highest BCUT2D eigenvalue weighted by Crippen LogP contribution is 2.28. The van der Waals surface area contributed by atoms with Crippen LogP contribution in [0.4, 0.5) is 0 Å². The summed E-state index contributed by atoms with van der Waals surface area (Å²) in [6.45, 7) is 5.68. The van der Waals surface area contributed by atoms with Crippen LogP contribution in [0, 0.1) is 5.92 Å². The predicted molar refractivity (Wildman–Crippen MR) is 101 cm³/mol. The van der Waals surface area contributed by atoms with E-state index in [2.05, 4.69) is 4.90 Å². The quantitative estimate of drug-likeness (QED) is 0.746. The van der Waals surface area contributed by atoms with Crippen LogP contribution in [-0.4, -0.2) is 55.1 Å². The molecule has 0 atom stereocenters. The zero-order valence-corrected chi connectivity index (χ0v) is 16.1. The highest BCUT2D eigenvalue weighted by atomic mass is 35.5. The van der Waals surface area contributed by atoms with Crippen molar-refractivity contribution in [3.05, 3.63) is 33.8 Å². The van der Waals surface area contributed by atoms with Crippen molar-refractivity contribution in [2.75, 3.05) is 39.4 Å². The maximum atomic E-state index is 13.0. The van der Waals surface area contributed by atoms with Crippen molar-refractivity contribution >= 4 is 29.1 Å². The van der Waals surface area contributed by atoms with Crippen LogP contribution >= 0.6 is 23.2 Å². The minimum Gasteiger partial charge on any atom is -0.379 e. The number of rotatable bonds is 6. The van der Waals surface area contributed by atoms with Crippen molar-refractivity contribution in [2.24, 2.45) is 5.92 Å². The van der Waals surface area contributed by atoms with Gasteiger partial charge in [-0.15, -0.1) is 0 Å². The smallest absolute Gasteiger partial charge is 0.226 e. The first kappa shape index (κ1) is 19.0. The summed E-state index contributed by atoms with van der Waals surface area (Å²) in [5.74, 6) is 0.476. The topological polar surface area (TPSA) is 32.8 Å². The first-order valence-corrected chi connectivity index (χ1v) is 9.92. The van der Waals surface area contributed by atoms with Gasteiger partial charge < -0.3 is 9.64 Å². The lowest BCUT2D eigenvalue weighted by Gasteiger charge is -2.31. The predicted octanol–water partition coefficient (Wildman–Crippen LogP) is 3.84. The molecule has 0 unspecified atom stereocenters. The molecule has 6 heteroatoms. The van der Waals surface area contributed by atoms with Gasteiger partial charge in [0.15, 0.2) is 0 Å². The van der Waals surface area contributed by atoms with Gasteiger partial charge in [0.2, 0.25) is 5.91 Å². The van der Waals surface area contributed by atoms with Crippen LogP contribution in [0.2, 0.25) is 10.0 Å². The Morgan fingerprint density at radius 3 is 2.56 bits per heavy atom. The van der Waals surface area contributed by atoms with Crippen molar-refractivity contribution in [1.82, 2.24) is 9.80 Å². The van der Waals surface area contributed by atoms with Crippen LogP contribution in [-0.2, 0) is 16.1 Å². The van der Waals surface area contributed by atoms with E-state index in [0.717, 1.165) is 57.8 Å². The Labute approximate surface area is 160 Å². The number of carbonyl (C=O) groups excluding carboxylic acids is 1. The number of nitrogens with zero attached hydrogens (tertiary/aromatic N) is 2. The fourth-order valence-electron chi connectivity index (χ4n) is 3.64. The maximum absolute atomic E-state index is 13.0. The second kappa shape index (κ2) is 9.22. The largest absolute Gasteiger partial charge is 0.379 e. The van der Waals surface area contributed by atoms with Gasteiger partial charge >= 0.3 is 0 Å². The molecular formula is C19H26Cl2N2O2. The minimum atomic E-state index is 0.187. The van der Waals surface area contributed by atoms with E-state index in [1.165, 1.54) is 12.8 Å². The SMILES string of the molecule is O=C(C1CCCC1)N(CCN1CCOCC1)Cc1ccc(Cl)c(Cl)c1. The van der Waals surface area contributed by atoms with E-state index in [4.69, 9.17) is 27.9 Å². The number of ether oxygens (including phenoxy) is 1. The summed E-state index contributed by atoms with van der Waals surface area (Å²) < 4.78 is 5.41. The standard InChI is InChI=1S/C19H26Cl2N2O2/c20-17-6-5-15(13-18(17)21)14-23(19(24)16-3-1-2-4-16)8-7-22-9-11-25-12-10-22/h5-6,13,16H,1-4,7-12,14H2. The molecule has 138 valence electrons. The molecule has 1 aromatic carbocycles. The van der Waals surface area contributed by atoms with Gasteiger partial charge in [-0.2, -0.15) is 0 Å².